The van der Waals surface area contributed by atoms with Crippen molar-refractivity contribution in [3.63, 3.8) is 0 Å². The molecule has 0 saturated carbocycles. The largest absolute Gasteiger partial charge is 0.367 e. The van der Waals surface area contributed by atoms with Crippen LogP contribution in [0.3, 0.4) is 0 Å². The quantitative estimate of drug-likeness (QED) is 0.801. The third-order valence-corrected chi connectivity index (χ3v) is 4.98. The molecule has 2 aliphatic rings. The van der Waals surface area contributed by atoms with Gasteiger partial charge in [-0.3, -0.25) is 0 Å². The molecule has 0 atom stereocenters. The van der Waals surface area contributed by atoms with Crippen molar-refractivity contribution in [2.45, 2.75) is 13.5 Å². The van der Waals surface area contributed by atoms with Gasteiger partial charge in [0, 0.05) is 38.4 Å². The van der Waals surface area contributed by atoms with Gasteiger partial charge in [-0.1, -0.05) is 24.3 Å². The predicted octanol–water partition coefficient (Wildman–Crippen LogP) is 2.90. The highest BCUT2D eigenvalue weighted by Gasteiger charge is 2.23. The van der Waals surface area contributed by atoms with Gasteiger partial charge in [0.2, 0.25) is 0 Å². The normalized spacial score (nSPS) is 18.5. The lowest BCUT2D eigenvalue weighted by Crippen LogP contribution is -2.43. The molecule has 3 heterocycles. The highest BCUT2D eigenvalue weighted by atomic mass is 15.3. The van der Waals surface area contributed by atoms with Crippen molar-refractivity contribution < 1.29 is 0 Å². The van der Waals surface area contributed by atoms with Gasteiger partial charge in [0.05, 0.1) is 11.4 Å². The number of nitrogens with zero attached hydrogens (tertiary/aromatic N) is 3. The second kappa shape index (κ2) is 5.33. The van der Waals surface area contributed by atoms with Crippen molar-refractivity contribution in [3.8, 4) is 0 Å². The molecule has 3 nitrogen and oxygen atoms in total. The topological polar surface area (TPSA) is 11.4 Å². The molecule has 22 heavy (non-hydrogen) atoms. The summed E-state index contributed by atoms with van der Waals surface area (Å²) < 4.78 is 2.45. The fourth-order valence-electron chi connectivity index (χ4n) is 3.51. The van der Waals surface area contributed by atoms with Gasteiger partial charge >= 0.3 is 0 Å². The SMILES string of the molecule is Cc1ccc2n1Cc1ccccc1C=C2N1CCN(C)CC1. The second-order valence-electron chi connectivity index (χ2n) is 6.46. The summed E-state index contributed by atoms with van der Waals surface area (Å²) in [6.45, 7) is 7.66. The summed E-state index contributed by atoms with van der Waals surface area (Å²) in [4.78, 5) is 4.96. The maximum Gasteiger partial charge on any atom is 0.0650 e. The van der Waals surface area contributed by atoms with Crippen LogP contribution in [0.1, 0.15) is 22.5 Å². The molecule has 114 valence electrons. The van der Waals surface area contributed by atoms with Crippen LogP contribution in [-0.4, -0.2) is 47.6 Å². The molecule has 1 aromatic carbocycles. The van der Waals surface area contributed by atoms with Crippen LogP contribution >= 0.6 is 0 Å². The van der Waals surface area contributed by atoms with Crippen LogP contribution in [0, 0.1) is 6.92 Å². The molecule has 4 rings (SSSR count). The summed E-state index contributed by atoms with van der Waals surface area (Å²) in [5.74, 6) is 0. The average Bonchev–Trinajstić information content (AvgIpc) is 2.80. The molecule has 0 aliphatic carbocycles. The summed E-state index contributed by atoms with van der Waals surface area (Å²) in [5, 5.41) is 0. The van der Waals surface area contributed by atoms with E-state index in [2.05, 4.69) is 70.8 Å². The van der Waals surface area contributed by atoms with Crippen molar-refractivity contribution in [1.82, 2.24) is 14.4 Å². The molecule has 0 unspecified atom stereocenters. The Morgan fingerprint density at radius 2 is 1.68 bits per heavy atom. The minimum atomic E-state index is 0.970. The Labute approximate surface area is 132 Å². The summed E-state index contributed by atoms with van der Waals surface area (Å²) in [6.07, 6.45) is 2.39. The Morgan fingerprint density at radius 3 is 2.50 bits per heavy atom. The fourth-order valence-corrected chi connectivity index (χ4v) is 3.51. The summed E-state index contributed by atoms with van der Waals surface area (Å²) in [6, 6.07) is 13.3. The molecule has 0 radical (unpaired) electrons. The lowest BCUT2D eigenvalue weighted by Gasteiger charge is -2.35. The molecule has 0 spiro atoms. The Hall–Kier alpha value is -2.00. The van der Waals surface area contributed by atoms with Gasteiger partial charge in [-0.05, 0) is 43.3 Å². The average molecular weight is 293 g/mol. The van der Waals surface area contributed by atoms with E-state index in [9.17, 15) is 0 Å². The second-order valence-corrected chi connectivity index (χ2v) is 6.46. The summed E-state index contributed by atoms with van der Waals surface area (Å²) in [5.41, 5.74) is 6.85. The van der Waals surface area contributed by atoms with Crippen LogP contribution in [-0.2, 0) is 6.54 Å². The number of aryl methyl sites for hydroxylation is 1. The number of likely N-dealkylation sites (N-methyl/N-ethyl adjacent to an activating group) is 1. The Kier molecular flexibility index (Phi) is 3.30. The van der Waals surface area contributed by atoms with Crippen molar-refractivity contribution in [1.29, 1.82) is 0 Å². The Morgan fingerprint density at radius 1 is 0.909 bits per heavy atom. The molecule has 0 N–H and O–H groups in total. The van der Waals surface area contributed by atoms with Crippen molar-refractivity contribution in [2.24, 2.45) is 0 Å². The zero-order valence-electron chi connectivity index (χ0n) is 13.4. The monoisotopic (exact) mass is 293 g/mol. The number of hydrogen-bond acceptors (Lipinski definition) is 2. The van der Waals surface area contributed by atoms with Crippen LogP contribution < -0.4 is 0 Å². The van der Waals surface area contributed by atoms with Crippen LogP contribution in [0.5, 0.6) is 0 Å². The molecule has 2 aromatic rings. The van der Waals surface area contributed by atoms with Gasteiger partial charge in [-0.2, -0.15) is 0 Å². The first-order chi connectivity index (χ1) is 10.7. The van der Waals surface area contributed by atoms with Crippen LogP contribution in [0.2, 0.25) is 0 Å². The molecular weight excluding hydrogens is 270 g/mol. The molecule has 2 aliphatic heterocycles. The minimum absolute atomic E-state index is 0.970. The van der Waals surface area contributed by atoms with Gasteiger partial charge in [-0.25, -0.2) is 0 Å². The molecule has 1 saturated heterocycles. The fraction of sp³-hybridized carbons (Fsp3) is 0.368. The predicted molar refractivity (Wildman–Crippen MR) is 91.7 cm³/mol. The third kappa shape index (κ3) is 2.26. The van der Waals surface area contributed by atoms with E-state index in [0.29, 0.717) is 0 Å². The number of fused-ring (bicyclic) bond motifs is 2. The summed E-state index contributed by atoms with van der Waals surface area (Å²) in [7, 11) is 2.21. The van der Waals surface area contributed by atoms with Crippen molar-refractivity contribution >= 4 is 11.8 Å². The van der Waals surface area contributed by atoms with Gasteiger partial charge in [0.25, 0.3) is 0 Å². The van der Waals surface area contributed by atoms with Gasteiger partial charge in [-0.15, -0.1) is 0 Å². The van der Waals surface area contributed by atoms with Gasteiger partial charge in [0.1, 0.15) is 0 Å². The summed E-state index contributed by atoms with van der Waals surface area (Å²) >= 11 is 0. The third-order valence-electron chi connectivity index (χ3n) is 4.98. The zero-order valence-corrected chi connectivity index (χ0v) is 13.4. The van der Waals surface area contributed by atoms with E-state index in [1.807, 2.05) is 0 Å². The van der Waals surface area contributed by atoms with Crippen LogP contribution in [0.15, 0.2) is 36.4 Å². The molecule has 1 aromatic heterocycles. The van der Waals surface area contributed by atoms with E-state index in [0.717, 1.165) is 32.7 Å². The molecule has 3 heteroatoms. The number of piperazine rings is 1. The number of rotatable bonds is 1. The van der Waals surface area contributed by atoms with Crippen LogP contribution in [0.25, 0.3) is 11.8 Å². The van der Waals surface area contributed by atoms with E-state index in [1.165, 1.54) is 28.2 Å². The molecule has 0 amide bonds. The van der Waals surface area contributed by atoms with Crippen LogP contribution in [0.4, 0.5) is 0 Å². The molecule has 0 bridgehead atoms. The van der Waals surface area contributed by atoms with Crippen molar-refractivity contribution in [2.75, 3.05) is 33.2 Å². The van der Waals surface area contributed by atoms with E-state index in [4.69, 9.17) is 0 Å². The maximum atomic E-state index is 2.55. The molecule has 1 fully saturated rings. The first kappa shape index (κ1) is 13.6. The van der Waals surface area contributed by atoms with Gasteiger partial charge in [0.15, 0.2) is 0 Å². The minimum Gasteiger partial charge on any atom is -0.367 e. The zero-order chi connectivity index (χ0) is 15.1. The first-order valence-electron chi connectivity index (χ1n) is 8.12. The number of hydrogen-bond donors (Lipinski definition) is 0. The van der Waals surface area contributed by atoms with E-state index >= 15 is 0 Å². The highest BCUT2D eigenvalue weighted by Crippen LogP contribution is 2.30. The first-order valence-corrected chi connectivity index (χ1v) is 8.12. The standard InChI is InChI=1S/C19H23N3/c1-15-7-8-18-19(21-11-9-20(2)10-12-21)13-16-5-3-4-6-17(16)14-22(15)18/h3-8,13H,9-12,14H2,1-2H3. The number of aromatic nitrogens is 1. The van der Waals surface area contributed by atoms with E-state index < -0.39 is 0 Å². The lowest BCUT2D eigenvalue weighted by atomic mass is 10.1. The molecular formula is C19H23N3. The van der Waals surface area contributed by atoms with Crippen molar-refractivity contribution in [3.05, 3.63) is 58.9 Å². The smallest absolute Gasteiger partial charge is 0.0650 e. The lowest BCUT2D eigenvalue weighted by molar-refractivity contribution is 0.207. The van der Waals surface area contributed by atoms with E-state index in [-0.39, 0.29) is 0 Å². The maximum absolute atomic E-state index is 2.55. The Bertz CT molecular complexity index is 718. The number of benzene rings is 1. The van der Waals surface area contributed by atoms with E-state index in [1.54, 1.807) is 0 Å². The van der Waals surface area contributed by atoms with Gasteiger partial charge < -0.3 is 14.4 Å². The Balaban J connectivity index is 1.82. The highest BCUT2D eigenvalue weighted by molar-refractivity contribution is 5.81.